The van der Waals surface area contributed by atoms with Gasteiger partial charge in [-0.1, -0.05) is 0 Å². The molecule has 0 unspecified atom stereocenters. The molecule has 3 nitrogen and oxygen atoms in total. The van der Waals surface area contributed by atoms with Crippen molar-refractivity contribution >= 4 is 10.9 Å². The first-order valence-corrected chi connectivity index (χ1v) is 6.24. The standard InChI is InChI=1S/C15H22N2O/c1-15(2,16(3)4)11-17-9-8-12-10-13(18-5)6-7-14(12)17/h6-10H,11H2,1-5H3. The van der Waals surface area contributed by atoms with Crippen molar-refractivity contribution < 1.29 is 4.74 Å². The van der Waals surface area contributed by atoms with E-state index in [4.69, 9.17) is 4.74 Å². The number of hydrogen-bond acceptors (Lipinski definition) is 2. The van der Waals surface area contributed by atoms with Gasteiger partial charge in [-0.15, -0.1) is 0 Å². The van der Waals surface area contributed by atoms with E-state index in [9.17, 15) is 0 Å². The molecule has 18 heavy (non-hydrogen) atoms. The van der Waals surface area contributed by atoms with Crippen molar-refractivity contribution in [2.75, 3.05) is 21.2 Å². The van der Waals surface area contributed by atoms with Crippen LogP contribution in [0.15, 0.2) is 30.5 Å². The van der Waals surface area contributed by atoms with E-state index in [1.807, 2.05) is 6.07 Å². The third kappa shape index (κ3) is 2.36. The van der Waals surface area contributed by atoms with Gasteiger partial charge in [0, 0.05) is 29.2 Å². The Morgan fingerprint density at radius 3 is 2.56 bits per heavy atom. The molecule has 0 aliphatic heterocycles. The van der Waals surface area contributed by atoms with E-state index in [0.29, 0.717) is 0 Å². The van der Waals surface area contributed by atoms with E-state index < -0.39 is 0 Å². The molecule has 2 rings (SSSR count). The van der Waals surface area contributed by atoms with Crippen LogP contribution in [0.1, 0.15) is 13.8 Å². The number of fused-ring (bicyclic) bond motifs is 1. The van der Waals surface area contributed by atoms with E-state index in [-0.39, 0.29) is 5.54 Å². The van der Waals surface area contributed by atoms with Gasteiger partial charge in [-0.25, -0.2) is 0 Å². The van der Waals surface area contributed by atoms with Crippen LogP contribution in [0.25, 0.3) is 10.9 Å². The number of rotatable bonds is 4. The van der Waals surface area contributed by atoms with Gasteiger partial charge in [0.15, 0.2) is 0 Å². The van der Waals surface area contributed by atoms with Gasteiger partial charge < -0.3 is 14.2 Å². The van der Waals surface area contributed by atoms with Crippen LogP contribution >= 0.6 is 0 Å². The monoisotopic (exact) mass is 246 g/mol. The Kier molecular flexibility index (Phi) is 3.35. The van der Waals surface area contributed by atoms with Crippen LogP contribution in [-0.2, 0) is 6.54 Å². The van der Waals surface area contributed by atoms with Gasteiger partial charge in [0.1, 0.15) is 5.75 Å². The van der Waals surface area contributed by atoms with Gasteiger partial charge in [-0.3, -0.25) is 0 Å². The topological polar surface area (TPSA) is 17.4 Å². The number of likely N-dealkylation sites (N-methyl/N-ethyl adjacent to an activating group) is 1. The van der Waals surface area contributed by atoms with Crippen LogP contribution in [0.3, 0.4) is 0 Å². The fourth-order valence-corrected chi connectivity index (χ4v) is 2.00. The third-order valence-electron chi connectivity index (χ3n) is 3.75. The second-order valence-corrected chi connectivity index (χ2v) is 5.58. The summed E-state index contributed by atoms with van der Waals surface area (Å²) in [5.74, 6) is 0.909. The lowest BCUT2D eigenvalue weighted by atomic mass is 10.0. The van der Waals surface area contributed by atoms with Gasteiger partial charge in [0.05, 0.1) is 7.11 Å². The number of methoxy groups -OCH3 is 1. The van der Waals surface area contributed by atoms with Gasteiger partial charge >= 0.3 is 0 Å². The molecule has 3 heteroatoms. The fraction of sp³-hybridized carbons (Fsp3) is 0.467. The molecule has 0 N–H and O–H groups in total. The molecule has 0 amide bonds. The maximum Gasteiger partial charge on any atom is 0.119 e. The average Bonchev–Trinajstić information content (AvgIpc) is 2.71. The molecule has 1 heterocycles. The molecule has 2 aromatic rings. The molecular formula is C15H22N2O. The largest absolute Gasteiger partial charge is 0.497 e. The highest BCUT2D eigenvalue weighted by atomic mass is 16.5. The molecule has 1 aromatic heterocycles. The van der Waals surface area contributed by atoms with Crippen LogP contribution in [-0.4, -0.2) is 36.2 Å². The normalized spacial score (nSPS) is 12.3. The van der Waals surface area contributed by atoms with Crippen LogP contribution in [0.2, 0.25) is 0 Å². The second kappa shape index (κ2) is 4.65. The van der Waals surface area contributed by atoms with Gasteiger partial charge in [-0.2, -0.15) is 0 Å². The van der Waals surface area contributed by atoms with E-state index in [0.717, 1.165) is 12.3 Å². The van der Waals surface area contributed by atoms with Crippen molar-refractivity contribution in [3.63, 3.8) is 0 Å². The number of benzene rings is 1. The predicted molar refractivity (Wildman–Crippen MR) is 76.3 cm³/mol. The highest BCUT2D eigenvalue weighted by molar-refractivity contribution is 5.81. The quantitative estimate of drug-likeness (QED) is 0.825. The third-order valence-corrected chi connectivity index (χ3v) is 3.75. The Hall–Kier alpha value is -1.48. The number of aromatic nitrogens is 1. The molecule has 0 radical (unpaired) electrons. The lowest BCUT2D eigenvalue weighted by Crippen LogP contribution is -2.41. The van der Waals surface area contributed by atoms with Crippen molar-refractivity contribution in [3.8, 4) is 5.75 Å². The highest BCUT2D eigenvalue weighted by Crippen LogP contribution is 2.24. The minimum absolute atomic E-state index is 0.131. The number of nitrogens with zero attached hydrogens (tertiary/aromatic N) is 2. The Morgan fingerprint density at radius 1 is 1.22 bits per heavy atom. The molecule has 0 saturated carbocycles. The first-order valence-electron chi connectivity index (χ1n) is 6.24. The maximum absolute atomic E-state index is 5.25. The van der Waals surface area contributed by atoms with Crippen LogP contribution in [0, 0.1) is 0 Å². The summed E-state index contributed by atoms with van der Waals surface area (Å²) in [6, 6.07) is 8.36. The Bertz CT molecular complexity index is 540. The Balaban J connectivity index is 2.35. The van der Waals surface area contributed by atoms with Crippen LogP contribution < -0.4 is 4.74 Å². The molecule has 98 valence electrons. The summed E-state index contributed by atoms with van der Waals surface area (Å²) in [5.41, 5.74) is 1.39. The van der Waals surface area contributed by atoms with Crippen molar-refractivity contribution in [1.29, 1.82) is 0 Å². The number of ether oxygens (including phenoxy) is 1. The minimum Gasteiger partial charge on any atom is -0.497 e. The zero-order chi connectivity index (χ0) is 13.3. The summed E-state index contributed by atoms with van der Waals surface area (Å²) in [5, 5.41) is 1.23. The molecule has 0 aliphatic carbocycles. The SMILES string of the molecule is COc1ccc2c(ccn2CC(C)(C)N(C)C)c1. The van der Waals surface area contributed by atoms with E-state index in [2.05, 4.69) is 61.8 Å². The second-order valence-electron chi connectivity index (χ2n) is 5.58. The molecule has 1 aromatic carbocycles. The van der Waals surface area contributed by atoms with Gasteiger partial charge in [0.25, 0.3) is 0 Å². The molecule has 0 fully saturated rings. The van der Waals surface area contributed by atoms with E-state index in [1.165, 1.54) is 10.9 Å². The summed E-state index contributed by atoms with van der Waals surface area (Å²) in [6.07, 6.45) is 2.15. The van der Waals surface area contributed by atoms with Gasteiger partial charge in [-0.05, 0) is 52.2 Å². The summed E-state index contributed by atoms with van der Waals surface area (Å²) >= 11 is 0. The lowest BCUT2D eigenvalue weighted by molar-refractivity contribution is 0.171. The fourth-order valence-electron chi connectivity index (χ4n) is 2.00. The van der Waals surface area contributed by atoms with E-state index in [1.54, 1.807) is 7.11 Å². The molecular weight excluding hydrogens is 224 g/mol. The van der Waals surface area contributed by atoms with Crippen molar-refractivity contribution in [2.45, 2.75) is 25.9 Å². The van der Waals surface area contributed by atoms with Crippen molar-refractivity contribution in [1.82, 2.24) is 9.47 Å². The molecule has 0 bridgehead atoms. The summed E-state index contributed by atoms with van der Waals surface area (Å²) in [7, 11) is 5.94. The zero-order valence-electron chi connectivity index (χ0n) is 11.9. The smallest absolute Gasteiger partial charge is 0.119 e. The molecule has 0 aliphatic rings. The van der Waals surface area contributed by atoms with Crippen LogP contribution in [0.5, 0.6) is 5.75 Å². The van der Waals surface area contributed by atoms with Crippen molar-refractivity contribution in [2.24, 2.45) is 0 Å². The number of hydrogen-bond donors (Lipinski definition) is 0. The van der Waals surface area contributed by atoms with Crippen molar-refractivity contribution in [3.05, 3.63) is 30.5 Å². The lowest BCUT2D eigenvalue weighted by Gasteiger charge is -2.33. The first-order chi connectivity index (χ1) is 8.44. The molecule has 0 atom stereocenters. The minimum atomic E-state index is 0.131. The summed E-state index contributed by atoms with van der Waals surface area (Å²) in [6.45, 7) is 5.47. The highest BCUT2D eigenvalue weighted by Gasteiger charge is 2.21. The Labute approximate surface area is 109 Å². The van der Waals surface area contributed by atoms with Crippen LogP contribution in [0.4, 0.5) is 0 Å². The van der Waals surface area contributed by atoms with Gasteiger partial charge in [0.2, 0.25) is 0 Å². The maximum atomic E-state index is 5.25. The molecule has 0 spiro atoms. The van der Waals surface area contributed by atoms with E-state index >= 15 is 0 Å². The summed E-state index contributed by atoms with van der Waals surface area (Å²) in [4.78, 5) is 2.25. The predicted octanol–water partition coefficient (Wildman–Crippen LogP) is 2.99. The molecule has 0 saturated heterocycles. The first kappa shape index (κ1) is 13.0. The Morgan fingerprint density at radius 2 is 1.94 bits per heavy atom. The summed E-state index contributed by atoms with van der Waals surface area (Å²) < 4.78 is 7.55. The average molecular weight is 246 g/mol. The zero-order valence-corrected chi connectivity index (χ0v) is 11.9.